The molecule has 0 unspecified atom stereocenters. The summed E-state index contributed by atoms with van der Waals surface area (Å²) in [6.07, 6.45) is 6.00. The Hall–Kier alpha value is -2.65. The Morgan fingerprint density at radius 1 is 1.40 bits per heavy atom. The molecule has 1 N–H and O–H groups in total. The van der Waals surface area contributed by atoms with Gasteiger partial charge in [0.25, 0.3) is 5.91 Å². The normalized spacial score (nSPS) is 24.1. The van der Waals surface area contributed by atoms with Crippen molar-refractivity contribution in [2.24, 2.45) is 0 Å². The first kappa shape index (κ1) is 15.9. The van der Waals surface area contributed by atoms with Gasteiger partial charge in [-0.1, -0.05) is 12.1 Å². The molecule has 2 atom stereocenters. The number of amides is 1. The molecule has 1 aliphatic heterocycles. The second-order valence-corrected chi connectivity index (χ2v) is 6.81. The van der Waals surface area contributed by atoms with Crippen molar-refractivity contribution in [2.45, 2.75) is 36.8 Å². The number of likely N-dealkylation sites (tertiary alicyclic amines) is 1. The molecule has 4 rings (SSSR count). The predicted octanol–water partition coefficient (Wildman–Crippen LogP) is 2.57. The summed E-state index contributed by atoms with van der Waals surface area (Å²) in [5, 5.41) is 9.31. The molecule has 2 fully saturated rings. The molecule has 2 heterocycles. The van der Waals surface area contributed by atoms with E-state index in [1.165, 1.54) is 0 Å². The van der Waals surface area contributed by atoms with Crippen molar-refractivity contribution in [1.82, 2.24) is 14.9 Å². The van der Waals surface area contributed by atoms with Crippen molar-refractivity contribution < 1.29 is 9.53 Å². The van der Waals surface area contributed by atoms with E-state index in [-0.39, 0.29) is 23.5 Å². The Bertz CT molecular complexity index is 803. The molecule has 1 saturated heterocycles. The van der Waals surface area contributed by atoms with Crippen LogP contribution in [0.2, 0.25) is 0 Å². The van der Waals surface area contributed by atoms with Gasteiger partial charge in [-0.25, -0.2) is 4.98 Å². The lowest BCUT2D eigenvalue weighted by Gasteiger charge is -2.23. The van der Waals surface area contributed by atoms with Crippen LogP contribution in [0, 0.1) is 11.3 Å². The van der Waals surface area contributed by atoms with Crippen LogP contribution in [0.3, 0.4) is 0 Å². The Balaban J connectivity index is 1.58. The molecule has 1 amide bonds. The number of carbonyl (C=O) groups is 1. The Morgan fingerprint density at radius 3 is 2.72 bits per heavy atom. The lowest BCUT2D eigenvalue weighted by molar-refractivity contribution is 0.0684. The highest BCUT2D eigenvalue weighted by Gasteiger charge is 2.45. The number of aromatic nitrogens is 2. The van der Waals surface area contributed by atoms with Gasteiger partial charge < -0.3 is 14.6 Å². The van der Waals surface area contributed by atoms with E-state index in [0.29, 0.717) is 12.1 Å². The smallest absolute Gasteiger partial charge is 0.254 e. The van der Waals surface area contributed by atoms with E-state index in [2.05, 4.69) is 16.0 Å². The maximum absolute atomic E-state index is 13.0. The minimum atomic E-state index is -0.326. The molecule has 0 bridgehead atoms. The maximum atomic E-state index is 13.0. The van der Waals surface area contributed by atoms with Crippen LogP contribution in [0.5, 0.6) is 0 Å². The van der Waals surface area contributed by atoms with Crippen molar-refractivity contribution in [3.8, 4) is 6.07 Å². The van der Waals surface area contributed by atoms with E-state index in [1.54, 1.807) is 19.5 Å². The minimum absolute atomic E-state index is 0.00615. The quantitative estimate of drug-likeness (QED) is 0.930. The van der Waals surface area contributed by atoms with Crippen LogP contribution in [0.4, 0.5) is 0 Å². The standard InChI is InChI=1S/C19H20N4O2/c1-25-15-10-16(17-21-8-9-22-17)23(11-15)18(24)13-2-4-14(5-3-13)19(12-20)6-7-19/h2-5,8-9,15-16H,6-7,10-11H2,1H3,(H,21,22)/t15-,16+/m1/s1. The third-order valence-electron chi connectivity index (χ3n) is 5.34. The van der Waals surface area contributed by atoms with E-state index >= 15 is 0 Å². The molecule has 2 aliphatic rings. The molecular formula is C19H20N4O2. The molecule has 1 aliphatic carbocycles. The molecule has 2 aromatic rings. The Morgan fingerprint density at radius 2 is 2.16 bits per heavy atom. The van der Waals surface area contributed by atoms with Crippen molar-refractivity contribution in [3.05, 3.63) is 53.6 Å². The lowest BCUT2D eigenvalue weighted by Crippen LogP contribution is -2.32. The fourth-order valence-corrected chi connectivity index (χ4v) is 3.60. The first-order valence-electron chi connectivity index (χ1n) is 8.52. The van der Waals surface area contributed by atoms with Crippen molar-refractivity contribution in [1.29, 1.82) is 5.26 Å². The van der Waals surface area contributed by atoms with Gasteiger partial charge in [0.15, 0.2) is 0 Å². The highest BCUT2D eigenvalue weighted by Crippen LogP contribution is 2.47. The van der Waals surface area contributed by atoms with Crippen molar-refractivity contribution in [2.75, 3.05) is 13.7 Å². The number of methoxy groups -OCH3 is 1. The van der Waals surface area contributed by atoms with Gasteiger partial charge in [0.1, 0.15) is 5.82 Å². The highest BCUT2D eigenvalue weighted by atomic mass is 16.5. The molecule has 0 radical (unpaired) electrons. The zero-order valence-electron chi connectivity index (χ0n) is 14.1. The average molecular weight is 336 g/mol. The maximum Gasteiger partial charge on any atom is 0.254 e. The molecule has 1 aromatic heterocycles. The van der Waals surface area contributed by atoms with Crippen molar-refractivity contribution in [3.63, 3.8) is 0 Å². The van der Waals surface area contributed by atoms with Crippen LogP contribution in [0.15, 0.2) is 36.7 Å². The van der Waals surface area contributed by atoms with Crippen LogP contribution in [-0.2, 0) is 10.2 Å². The molecule has 6 heteroatoms. The first-order chi connectivity index (χ1) is 12.2. The minimum Gasteiger partial charge on any atom is -0.380 e. The van der Waals surface area contributed by atoms with Crippen LogP contribution < -0.4 is 0 Å². The van der Waals surface area contributed by atoms with Gasteiger partial charge >= 0.3 is 0 Å². The summed E-state index contributed by atoms with van der Waals surface area (Å²) < 4.78 is 5.47. The van der Waals surface area contributed by atoms with Gasteiger partial charge in [-0.2, -0.15) is 5.26 Å². The summed E-state index contributed by atoms with van der Waals surface area (Å²) in [7, 11) is 1.67. The first-order valence-corrected chi connectivity index (χ1v) is 8.52. The highest BCUT2D eigenvalue weighted by molar-refractivity contribution is 5.94. The SMILES string of the molecule is CO[C@@H]1C[C@@H](c2ncc[nH]2)N(C(=O)c2ccc(C3(C#N)CC3)cc2)C1. The fraction of sp³-hybridized carbons (Fsp3) is 0.421. The number of hydrogen-bond donors (Lipinski definition) is 1. The van der Waals surface area contributed by atoms with Gasteiger partial charge in [-0.3, -0.25) is 4.79 Å². The summed E-state index contributed by atoms with van der Waals surface area (Å²) in [5.74, 6) is 0.750. The van der Waals surface area contributed by atoms with E-state index in [4.69, 9.17) is 4.74 Å². The largest absolute Gasteiger partial charge is 0.380 e. The van der Waals surface area contributed by atoms with Gasteiger partial charge in [-0.15, -0.1) is 0 Å². The van der Waals surface area contributed by atoms with E-state index in [9.17, 15) is 10.1 Å². The number of imidazole rings is 1. The molecule has 25 heavy (non-hydrogen) atoms. The lowest BCUT2D eigenvalue weighted by atomic mass is 9.96. The zero-order chi connectivity index (χ0) is 17.4. The number of ether oxygens (including phenoxy) is 1. The number of carbonyl (C=O) groups excluding carboxylic acids is 1. The van der Waals surface area contributed by atoms with Crippen LogP contribution in [0.1, 0.15) is 47.1 Å². The Labute approximate surface area is 146 Å². The van der Waals surface area contributed by atoms with E-state index in [1.807, 2.05) is 29.2 Å². The topological polar surface area (TPSA) is 82.0 Å². The monoisotopic (exact) mass is 336 g/mol. The number of rotatable bonds is 4. The average Bonchev–Trinajstić information content (AvgIpc) is 3.07. The summed E-state index contributed by atoms with van der Waals surface area (Å²) >= 11 is 0. The second-order valence-electron chi connectivity index (χ2n) is 6.81. The molecule has 1 aromatic carbocycles. The molecule has 0 spiro atoms. The van der Waals surface area contributed by atoms with E-state index in [0.717, 1.165) is 30.7 Å². The number of hydrogen-bond acceptors (Lipinski definition) is 4. The van der Waals surface area contributed by atoms with Gasteiger partial charge in [0.2, 0.25) is 0 Å². The predicted molar refractivity (Wildman–Crippen MR) is 90.7 cm³/mol. The van der Waals surface area contributed by atoms with Crippen molar-refractivity contribution >= 4 is 5.91 Å². The summed E-state index contributed by atoms with van der Waals surface area (Å²) in [6, 6.07) is 9.76. The van der Waals surface area contributed by atoms with Gasteiger partial charge in [0, 0.05) is 38.0 Å². The number of aromatic amines is 1. The number of nitrogens with one attached hydrogen (secondary N) is 1. The number of nitriles is 1. The fourth-order valence-electron chi connectivity index (χ4n) is 3.60. The zero-order valence-corrected chi connectivity index (χ0v) is 14.1. The van der Waals surface area contributed by atoms with E-state index < -0.39 is 0 Å². The number of nitrogens with zero attached hydrogens (tertiary/aromatic N) is 3. The third-order valence-corrected chi connectivity index (χ3v) is 5.34. The molecular weight excluding hydrogens is 316 g/mol. The summed E-state index contributed by atoms with van der Waals surface area (Å²) in [6.45, 7) is 0.546. The number of benzene rings is 1. The number of H-pyrrole nitrogens is 1. The molecule has 6 nitrogen and oxygen atoms in total. The van der Waals surface area contributed by atoms with Gasteiger partial charge in [-0.05, 0) is 30.5 Å². The van der Waals surface area contributed by atoms with Crippen LogP contribution in [0.25, 0.3) is 0 Å². The third kappa shape index (κ3) is 2.71. The summed E-state index contributed by atoms with van der Waals surface area (Å²) in [5.41, 5.74) is 1.31. The van der Waals surface area contributed by atoms with Crippen LogP contribution in [-0.4, -0.2) is 40.5 Å². The summed E-state index contributed by atoms with van der Waals surface area (Å²) in [4.78, 5) is 22.3. The molecule has 128 valence electrons. The Kier molecular flexibility index (Phi) is 3.81. The molecule has 1 saturated carbocycles. The van der Waals surface area contributed by atoms with Gasteiger partial charge in [0.05, 0.1) is 23.6 Å². The second kappa shape index (κ2) is 6.01. The van der Waals surface area contributed by atoms with Crippen LogP contribution >= 0.6 is 0 Å².